The van der Waals surface area contributed by atoms with Gasteiger partial charge in [-0.15, -0.1) is 11.3 Å². The molecule has 1 aromatic carbocycles. The number of aromatic nitrogens is 2. The summed E-state index contributed by atoms with van der Waals surface area (Å²) in [6.07, 6.45) is 4.68. The Morgan fingerprint density at radius 2 is 2.00 bits per heavy atom. The number of hydrogen-bond donors (Lipinski definition) is 1. The SMILES string of the molecule is Cc1ccncc1-c1csc(NCCc2ccccc2)n1. The quantitative estimate of drug-likeness (QED) is 0.767. The molecule has 3 aromatic rings. The second-order valence-electron chi connectivity index (χ2n) is 4.89. The van der Waals surface area contributed by atoms with E-state index in [4.69, 9.17) is 0 Å². The van der Waals surface area contributed by atoms with Crippen LogP contribution in [0.5, 0.6) is 0 Å². The molecule has 0 radical (unpaired) electrons. The number of nitrogens with zero attached hydrogens (tertiary/aromatic N) is 2. The highest BCUT2D eigenvalue weighted by Crippen LogP contribution is 2.26. The van der Waals surface area contributed by atoms with Gasteiger partial charge in [-0.2, -0.15) is 0 Å². The lowest BCUT2D eigenvalue weighted by Gasteiger charge is -2.03. The zero-order chi connectivity index (χ0) is 14.5. The molecule has 0 amide bonds. The Hall–Kier alpha value is -2.20. The van der Waals surface area contributed by atoms with Crippen LogP contribution in [-0.4, -0.2) is 16.5 Å². The summed E-state index contributed by atoms with van der Waals surface area (Å²) in [5, 5.41) is 6.43. The predicted octanol–water partition coefficient (Wildman–Crippen LogP) is 4.17. The van der Waals surface area contributed by atoms with Crippen LogP contribution in [-0.2, 0) is 6.42 Å². The van der Waals surface area contributed by atoms with Crippen molar-refractivity contribution in [3.63, 3.8) is 0 Å². The first-order valence-corrected chi connectivity index (χ1v) is 7.85. The summed E-state index contributed by atoms with van der Waals surface area (Å²) in [6.45, 7) is 2.97. The third kappa shape index (κ3) is 3.47. The van der Waals surface area contributed by atoms with Crippen LogP contribution in [0.1, 0.15) is 11.1 Å². The Labute approximate surface area is 128 Å². The Kier molecular flexibility index (Phi) is 4.26. The first-order valence-electron chi connectivity index (χ1n) is 6.97. The van der Waals surface area contributed by atoms with Crippen molar-refractivity contribution >= 4 is 16.5 Å². The van der Waals surface area contributed by atoms with E-state index in [1.807, 2.05) is 24.5 Å². The van der Waals surface area contributed by atoms with Gasteiger partial charge in [0.2, 0.25) is 0 Å². The number of benzene rings is 1. The van der Waals surface area contributed by atoms with E-state index in [-0.39, 0.29) is 0 Å². The maximum Gasteiger partial charge on any atom is 0.183 e. The first-order chi connectivity index (χ1) is 10.3. The summed E-state index contributed by atoms with van der Waals surface area (Å²) in [6, 6.07) is 12.5. The summed E-state index contributed by atoms with van der Waals surface area (Å²) in [5.41, 5.74) is 4.63. The fourth-order valence-corrected chi connectivity index (χ4v) is 2.91. The zero-order valence-corrected chi connectivity index (χ0v) is 12.7. The average Bonchev–Trinajstić information content (AvgIpc) is 2.97. The minimum atomic E-state index is 0.892. The molecule has 2 heterocycles. The van der Waals surface area contributed by atoms with Crippen molar-refractivity contribution in [2.24, 2.45) is 0 Å². The summed E-state index contributed by atoms with van der Waals surface area (Å²) >= 11 is 1.64. The third-order valence-corrected chi connectivity index (χ3v) is 4.15. The van der Waals surface area contributed by atoms with Crippen molar-refractivity contribution in [2.45, 2.75) is 13.3 Å². The van der Waals surface area contributed by atoms with Gasteiger partial charge in [-0.25, -0.2) is 4.98 Å². The largest absolute Gasteiger partial charge is 0.361 e. The number of rotatable bonds is 5. The molecule has 3 nitrogen and oxygen atoms in total. The molecule has 3 rings (SSSR count). The second kappa shape index (κ2) is 6.50. The third-order valence-electron chi connectivity index (χ3n) is 3.35. The van der Waals surface area contributed by atoms with Gasteiger partial charge in [0.25, 0.3) is 0 Å². The monoisotopic (exact) mass is 295 g/mol. The van der Waals surface area contributed by atoms with Gasteiger partial charge in [0, 0.05) is 29.9 Å². The molecule has 1 N–H and O–H groups in total. The predicted molar refractivity (Wildman–Crippen MR) is 88.7 cm³/mol. The normalized spacial score (nSPS) is 10.5. The lowest BCUT2D eigenvalue weighted by molar-refractivity contribution is 1.02. The second-order valence-corrected chi connectivity index (χ2v) is 5.75. The summed E-state index contributed by atoms with van der Waals surface area (Å²) < 4.78 is 0. The van der Waals surface area contributed by atoms with Crippen LogP contribution in [0.4, 0.5) is 5.13 Å². The van der Waals surface area contributed by atoms with Crippen molar-refractivity contribution in [2.75, 3.05) is 11.9 Å². The van der Waals surface area contributed by atoms with Crippen LogP contribution in [0.25, 0.3) is 11.3 Å². The molecule has 0 saturated carbocycles. The van der Waals surface area contributed by atoms with Gasteiger partial charge in [0.15, 0.2) is 5.13 Å². The van der Waals surface area contributed by atoms with Crippen molar-refractivity contribution in [1.29, 1.82) is 0 Å². The Morgan fingerprint density at radius 1 is 1.14 bits per heavy atom. The van der Waals surface area contributed by atoms with Gasteiger partial charge in [-0.1, -0.05) is 30.3 Å². The van der Waals surface area contributed by atoms with Crippen LogP contribution >= 0.6 is 11.3 Å². The maximum atomic E-state index is 4.64. The number of anilines is 1. The van der Waals surface area contributed by atoms with Crippen molar-refractivity contribution < 1.29 is 0 Å². The molecule has 0 aliphatic heterocycles. The van der Waals surface area contributed by atoms with Crippen molar-refractivity contribution in [3.05, 3.63) is 65.3 Å². The molecule has 2 aromatic heterocycles. The fourth-order valence-electron chi connectivity index (χ4n) is 2.17. The van der Waals surface area contributed by atoms with Gasteiger partial charge < -0.3 is 5.32 Å². The highest BCUT2D eigenvalue weighted by atomic mass is 32.1. The topological polar surface area (TPSA) is 37.8 Å². The minimum absolute atomic E-state index is 0.892. The smallest absolute Gasteiger partial charge is 0.183 e. The highest BCUT2D eigenvalue weighted by Gasteiger charge is 2.06. The van der Waals surface area contributed by atoms with Gasteiger partial charge in [0.1, 0.15) is 0 Å². The average molecular weight is 295 g/mol. The van der Waals surface area contributed by atoms with Crippen LogP contribution in [0.3, 0.4) is 0 Å². The van der Waals surface area contributed by atoms with Gasteiger partial charge in [-0.3, -0.25) is 4.98 Å². The molecule has 0 spiro atoms. The van der Waals surface area contributed by atoms with E-state index in [0.29, 0.717) is 0 Å². The molecule has 21 heavy (non-hydrogen) atoms. The molecule has 0 fully saturated rings. The van der Waals surface area contributed by atoms with E-state index in [1.165, 1.54) is 11.1 Å². The molecule has 0 atom stereocenters. The van der Waals surface area contributed by atoms with Gasteiger partial charge >= 0.3 is 0 Å². The molecule has 106 valence electrons. The molecule has 0 unspecified atom stereocenters. The number of hydrogen-bond acceptors (Lipinski definition) is 4. The van der Waals surface area contributed by atoms with Gasteiger partial charge in [-0.05, 0) is 30.5 Å². The lowest BCUT2D eigenvalue weighted by Crippen LogP contribution is -2.04. The number of nitrogens with one attached hydrogen (secondary N) is 1. The van der Waals surface area contributed by atoms with E-state index in [0.717, 1.165) is 29.4 Å². The van der Waals surface area contributed by atoms with Crippen molar-refractivity contribution in [3.8, 4) is 11.3 Å². The van der Waals surface area contributed by atoms with E-state index < -0.39 is 0 Å². The van der Waals surface area contributed by atoms with Crippen LogP contribution in [0, 0.1) is 6.92 Å². The van der Waals surface area contributed by atoms with E-state index >= 15 is 0 Å². The van der Waals surface area contributed by atoms with E-state index in [9.17, 15) is 0 Å². The highest BCUT2D eigenvalue weighted by molar-refractivity contribution is 7.14. The van der Waals surface area contributed by atoms with E-state index in [1.54, 1.807) is 11.3 Å². The molecule has 0 bridgehead atoms. The summed E-state index contributed by atoms with van der Waals surface area (Å²) in [4.78, 5) is 8.82. The molecular formula is C17H17N3S. The van der Waals surface area contributed by atoms with Gasteiger partial charge in [0.05, 0.1) is 5.69 Å². The number of pyridine rings is 1. The summed E-state index contributed by atoms with van der Waals surface area (Å²) in [5.74, 6) is 0. The molecule has 0 aliphatic rings. The molecule has 4 heteroatoms. The molecular weight excluding hydrogens is 278 g/mol. The zero-order valence-electron chi connectivity index (χ0n) is 11.9. The fraction of sp³-hybridized carbons (Fsp3) is 0.176. The maximum absolute atomic E-state index is 4.64. The Morgan fingerprint density at radius 3 is 2.81 bits per heavy atom. The first kappa shape index (κ1) is 13.8. The van der Waals surface area contributed by atoms with Crippen LogP contribution in [0.15, 0.2) is 54.2 Å². The minimum Gasteiger partial charge on any atom is -0.361 e. The molecule has 0 saturated heterocycles. The lowest BCUT2D eigenvalue weighted by atomic mass is 10.1. The summed E-state index contributed by atoms with van der Waals surface area (Å²) in [7, 11) is 0. The van der Waals surface area contributed by atoms with Crippen LogP contribution < -0.4 is 5.32 Å². The Balaban J connectivity index is 1.62. The van der Waals surface area contributed by atoms with Crippen LogP contribution in [0.2, 0.25) is 0 Å². The molecule has 0 aliphatic carbocycles. The Bertz CT molecular complexity index is 707. The van der Waals surface area contributed by atoms with Crippen molar-refractivity contribution in [1.82, 2.24) is 9.97 Å². The number of aryl methyl sites for hydroxylation is 1. The number of thiazole rings is 1. The van der Waals surface area contributed by atoms with E-state index in [2.05, 4.69) is 51.9 Å². The standard InChI is InChI=1S/C17H17N3S/c1-13-7-9-18-11-15(13)16-12-21-17(20-16)19-10-8-14-5-3-2-4-6-14/h2-7,9,11-12H,8,10H2,1H3,(H,19,20).